The Kier molecular flexibility index (Phi) is 5.47. The topological polar surface area (TPSA) is 67.2 Å². The van der Waals surface area contributed by atoms with Crippen LogP contribution >= 0.6 is 0 Å². The first-order valence-electron chi connectivity index (χ1n) is 3.14. The van der Waals surface area contributed by atoms with Gasteiger partial charge in [-0.15, -0.1) is 6.58 Å². The van der Waals surface area contributed by atoms with Crippen LogP contribution in [-0.2, 0) is 0 Å². The van der Waals surface area contributed by atoms with Gasteiger partial charge in [0.2, 0.25) is 0 Å². The Morgan fingerprint density at radius 3 is 2.80 bits per heavy atom. The van der Waals surface area contributed by atoms with E-state index in [0.29, 0.717) is 19.6 Å². The van der Waals surface area contributed by atoms with Crippen LogP contribution < -0.4 is 16.4 Å². The highest BCUT2D eigenvalue weighted by Gasteiger charge is 1.92. The summed E-state index contributed by atoms with van der Waals surface area (Å²) < 4.78 is 0. The monoisotopic (exact) mass is 143 g/mol. The Hall–Kier alpha value is -1.03. The van der Waals surface area contributed by atoms with E-state index in [1.165, 1.54) is 0 Å². The summed E-state index contributed by atoms with van der Waals surface area (Å²) in [6, 6.07) is -0.203. The number of hydrogen-bond acceptors (Lipinski definition) is 2. The molecule has 0 atom stereocenters. The van der Waals surface area contributed by atoms with E-state index in [1.54, 1.807) is 6.08 Å². The molecule has 2 amide bonds. The smallest absolute Gasteiger partial charge is 0.315 e. The van der Waals surface area contributed by atoms with Gasteiger partial charge >= 0.3 is 6.03 Å². The van der Waals surface area contributed by atoms with Crippen LogP contribution in [0.1, 0.15) is 0 Å². The molecule has 0 aromatic heterocycles. The number of carbonyl (C=O) groups excluding carboxylic acids is 1. The third-order valence-electron chi connectivity index (χ3n) is 0.837. The molecule has 0 bridgehead atoms. The summed E-state index contributed by atoms with van der Waals surface area (Å²) in [5.74, 6) is 0. The molecule has 0 aromatic carbocycles. The number of nitrogens with one attached hydrogen (secondary N) is 2. The van der Waals surface area contributed by atoms with Crippen LogP contribution in [0.15, 0.2) is 12.7 Å². The minimum absolute atomic E-state index is 0.203. The molecule has 0 spiro atoms. The summed E-state index contributed by atoms with van der Waals surface area (Å²) in [4.78, 5) is 10.6. The van der Waals surface area contributed by atoms with Crippen molar-refractivity contribution in [1.29, 1.82) is 0 Å². The van der Waals surface area contributed by atoms with Crippen molar-refractivity contribution in [1.82, 2.24) is 10.6 Å². The number of rotatable bonds is 4. The molecule has 0 aromatic rings. The van der Waals surface area contributed by atoms with Crippen molar-refractivity contribution in [3.63, 3.8) is 0 Å². The molecule has 0 saturated carbocycles. The SMILES string of the molecule is C=CCNC(=O)NCCN. The maximum atomic E-state index is 10.6. The van der Waals surface area contributed by atoms with Crippen LogP contribution in [0.3, 0.4) is 0 Å². The number of hydrogen-bond donors (Lipinski definition) is 3. The average Bonchev–Trinajstić information content (AvgIpc) is 1.97. The zero-order valence-electron chi connectivity index (χ0n) is 5.89. The average molecular weight is 143 g/mol. The minimum Gasteiger partial charge on any atom is -0.337 e. The zero-order valence-corrected chi connectivity index (χ0v) is 5.89. The molecule has 0 radical (unpaired) electrons. The van der Waals surface area contributed by atoms with Crippen LogP contribution in [-0.4, -0.2) is 25.7 Å². The fourth-order valence-electron chi connectivity index (χ4n) is 0.413. The molecular formula is C6H13N3O. The van der Waals surface area contributed by atoms with Gasteiger partial charge in [0.1, 0.15) is 0 Å². The minimum atomic E-state index is -0.203. The van der Waals surface area contributed by atoms with E-state index in [2.05, 4.69) is 17.2 Å². The van der Waals surface area contributed by atoms with Crippen molar-refractivity contribution < 1.29 is 4.79 Å². The Bertz CT molecular complexity index is 114. The highest BCUT2D eigenvalue weighted by atomic mass is 16.2. The molecule has 0 saturated heterocycles. The Balaban J connectivity index is 3.16. The van der Waals surface area contributed by atoms with Gasteiger partial charge in [0.05, 0.1) is 0 Å². The van der Waals surface area contributed by atoms with E-state index < -0.39 is 0 Å². The van der Waals surface area contributed by atoms with Crippen molar-refractivity contribution in [3.05, 3.63) is 12.7 Å². The molecule has 0 aliphatic carbocycles. The van der Waals surface area contributed by atoms with Crippen LogP contribution in [0.2, 0.25) is 0 Å². The molecule has 0 aliphatic rings. The van der Waals surface area contributed by atoms with Crippen molar-refractivity contribution >= 4 is 6.03 Å². The third-order valence-corrected chi connectivity index (χ3v) is 0.837. The van der Waals surface area contributed by atoms with Gasteiger partial charge in [0.25, 0.3) is 0 Å². The fourth-order valence-corrected chi connectivity index (χ4v) is 0.413. The first kappa shape index (κ1) is 8.97. The predicted molar refractivity (Wildman–Crippen MR) is 40.7 cm³/mol. The van der Waals surface area contributed by atoms with Gasteiger partial charge in [-0.05, 0) is 0 Å². The number of urea groups is 1. The van der Waals surface area contributed by atoms with E-state index in [4.69, 9.17) is 5.73 Å². The van der Waals surface area contributed by atoms with Gasteiger partial charge in [-0.3, -0.25) is 0 Å². The van der Waals surface area contributed by atoms with Gasteiger partial charge in [-0.25, -0.2) is 4.79 Å². The summed E-state index contributed by atoms with van der Waals surface area (Å²) in [5.41, 5.74) is 5.14. The Labute approximate surface area is 60.5 Å². The molecule has 4 N–H and O–H groups in total. The third kappa shape index (κ3) is 5.11. The van der Waals surface area contributed by atoms with Gasteiger partial charge in [-0.1, -0.05) is 6.08 Å². The summed E-state index contributed by atoms with van der Waals surface area (Å²) in [5, 5.41) is 5.09. The highest BCUT2D eigenvalue weighted by molar-refractivity contribution is 5.73. The number of amides is 2. The fraction of sp³-hybridized carbons (Fsp3) is 0.500. The molecule has 4 heteroatoms. The highest BCUT2D eigenvalue weighted by Crippen LogP contribution is 1.63. The number of nitrogens with two attached hydrogens (primary N) is 1. The molecule has 0 rings (SSSR count). The van der Waals surface area contributed by atoms with E-state index in [1.807, 2.05) is 0 Å². The number of carbonyl (C=O) groups is 1. The van der Waals surface area contributed by atoms with Crippen molar-refractivity contribution in [3.8, 4) is 0 Å². The quantitative estimate of drug-likeness (QED) is 0.461. The van der Waals surface area contributed by atoms with E-state index in [0.717, 1.165) is 0 Å². The molecular weight excluding hydrogens is 130 g/mol. The lowest BCUT2D eigenvalue weighted by Crippen LogP contribution is -2.38. The predicted octanol–water partition coefficient (Wildman–Crippen LogP) is -0.570. The van der Waals surface area contributed by atoms with E-state index in [9.17, 15) is 4.79 Å². The molecule has 58 valence electrons. The van der Waals surface area contributed by atoms with Gasteiger partial charge in [0, 0.05) is 19.6 Å². The lowest BCUT2D eigenvalue weighted by molar-refractivity contribution is 0.242. The van der Waals surface area contributed by atoms with Crippen molar-refractivity contribution in [2.24, 2.45) is 5.73 Å². The van der Waals surface area contributed by atoms with Crippen LogP contribution in [0.5, 0.6) is 0 Å². The normalized spacial score (nSPS) is 8.50. The van der Waals surface area contributed by atoms with Gasteiger partial charge < -0.3 is 16.4 Å². The second kappa shape index (κ2) is 6.10. The molecule has 0 fully saturated rings. The Morgan fingerprint density at radius 1 is 1.60 bits per heavy atom. The first-order valence-corrected chi connectivity index (χ1v) is 3.14. The van der Waals surface area contributed by atoms with Crippen LogP contribution in [0.4, 0.5) is 4.79 Å². The summed E-state index contributed by atoms with van der Waals surface area (Å²) in [7, 11) is 0. The summed E-state index contributed by atoms with van der Waals surface area (Å²) in [6.45, 7) is 4.89. The lowest BCUT2D eigenvalue weighted by atomic mass is 10.6. The van der Waals surface area contributed by atoms with Crippen molar-refractivity contribution in [2.45, 2.75) is 0 Å². The molecule has 10 heavy (non-hydrogen) atoms. The molecule has 4 nitrogen and oxygen atoms in total. The Morgan fingerprint density at radius 2 is 2.30 bits per heavy atom. The summed E-state index contributed by atoms with van der Waals surface area (Å²) in [6.07, 6.45) is 1.61. The van der Waals surface area contributed by atoms with Crippen molar-refractivity contribution in [2.75, 3.05) is 19.6 Å². The zero-order chi connectivity index (χ0) is 7.82. The maximum absolute atomic E-state index is 10.6. The maximum Gasteiger partial charge on any atom is 0.315 e. The first-order chi connectivity index (χ1) is 4.81. The van der Waals surface area contributed by atoms with E-state index in [-0.39, 0.29) is 6.03 Å². The van der Waals surface area contributed by atoms with E-state index >= 15 is 0 Å². The molecule has 0 heterocycles. The standard InChI is InChI=1S/C6H13N3O/c1-2-4-8-6(10)9-5-3-7/h2H,1,3-5,7H2,(H2,8,9,10). The second-order valence-electron chi connectivity index (χ2n) is 1.71. The summed E-state index contributed by atoms with van der Waals surface area (Å²) >= 11 is 0. The largest absolute Gasteiger partial charge is 0.337 e. The van der Waals surface area contributed by atoms with Crippen LogP contribution in [0, 0.1) is 0 Å². The lowest BCUT2D eigenvalue weighted by Gasteiger charge is -2.02. The van der Waals surface area contributed by atoms with Gasteiger partial charge in [0.15, 0.2) is 0 Å². The molecule has 0 aliphatic heterocycles. The van der Waals surface area contributed by atoms with Gasteiger partial charge in [-0.2, -0.15) is 0 Å². The second-order valence-corrected chi connectivity index (χ2v) is 1.71. The van der Waals surface area contributed by atoms with Crippen LogP contribution in [0.25, 0.3) is 0 Å². The molecule has 0 unspecified atom stereocenters.